The summed E-state index contributed by atoms with van der Waals surface area (Å²) in [6, 6.07) is 0. The second-order valence-electron chi connectivity index (χ2n) is 14.2. The molecule has 8 atom stereocenters. The summed E-state index contributed by atoms with van der Waals surface area (Å²) in [6.07, 6.45) is 12.7. The lowest BCUT2D eigenvalue weighted by Crippen LogP contribution is -2.65. The van der Waals surface area contributed by atoms with Gasteiger partial charge in [-0.25, -0.2) is 0 Å². The predicted molar refractivity (Wildman–Crippen MR) is 145 cm³/mol. The molecular formula is C32H46O6. The Bertz CT molecular complexity index is 1180. The van der Waals surface area contributed by atoms with Crippen LogP contribution < -0.4 is 0 Å². The molecule has 5 aliphatic rings. The number of esters is 1. The maximum Gasteiger partial charge on any atom is 0.311 e. The Morgan fingerprint density at radius 2 is 1.53 bits per heavy atom. The molecular weight excluding hydrogens is 480 g/mol. The first-order valence-electron chi connectivity index (χ1n) is 14.2. The van der Waals surface area contributed by atoms with Crippen LogP contribution in [-0.4, -0.2) is 49.6 Å². The van der Waals surface area contributed by atoms with Crippen molar-refractivity contribution >= 4 is 11.8 Å². The molecule has 0 radical (unpaired) electrons. The van der Waals surface area contributed by atoms with Crippen molar-refractivity contribution in [2.75, 3.05) is 21.3 Å². The Morgan fingerprint density at radius 1 is 0.868 bits per heavy atom. The van der Waals surface area contributed by atoms with Crippen LogP contribution in [0.25, 0.3) is 0 Å². The molecule has 5 aliphatic carbocycles. The molecule has 38 heavy (non-hydrogen) atoms. The van der Waals surface area contributed by atoms with Crippen molar-refractivity contribution in [2.24, 2.45) is 33.0 Å². The monoisotopic (exact) mass is 526 g/mol. The Balaban J connectivity index is 1.65. The van der Waals surface area contributed by atoms with Crippen molar-refractivity contribution in [3.8, 4) is 0 Å². The number of ether oxygens (including phenoxy) is 3. The Hall–Kier alpha value is -1.76. The summed E-state index contributed by atoms with van der Waals surface area (Å²) in [5.41, 5.74) is 1.02. The lowest BCUT2D eigenvalue weighted by Gasteiger charge is -2.70. The van der Waals surface area contributed by atoms with Crippen molar-refractivity contribution in [1.82, 2.24) is 0 Å². The lowest BCUT2D eigenvalue weighted by molar-refractivity contribution is -0.260. The average Bonchev–Trinajstić information content (AvgIpc) is 2.89. The number of allylic oxidation sites excluding steroid dienone is 3. The third kappa shape index (κ3) is 3.06. The van der Waals surface area contributed by atoms with Crippen LogP contribution >= 0.6 is 0 Å². The molecule has 210 valence electrons. The van der Waals surface area contributed by atoms with E-state index < -0.39 is 22.6 Å². The molecule has 0 aromatic heterocycles. The van der Waals surface area contributed by atoms with Gasteiger partial charge in [-0.1, -0.05) is 45.4 Å². The largest absolute Gasteiger partial charge is 0.469 e. The molecule has 0 amide bonds. The maximum atomic E-state index is 13.4. The average molecular weight is 527 g/mol. The Kier molecular flexibility index (Phi) is 5.95. The summed E-state index contributed by atoms with van der Waals surface area (Å²) in [5, 5.41) is 11.3. The zero-order valence-electron chi connectivity index (χ0n) is 24.7. The van der Waals surface area contributed by atoms with E-state index in [4.69, 9.17) is 14.2 Å². The van der Waals surface area contributed by atoms with E-state index in [0.29, 0.717) is 5.92 Å². The summed E-state index contributed by atoms with van der Waals surface area (Å²) in [5.74, 6) is -2.27. The van der Waals surface area contributed by atoms with Crippen LogP contribution in [0.5, 0.6) is 0 Å². The number of fused-ring (bicyclic) bond motifs is 7. The number of rotatable bonds is 3. The van der Waals surface area contributed by atoms with Gasteiger partial charge in [0.05, 0.1) is 12.5 Å². The van der Waals surface area contributed by atoms with Crippen LogP contribution in [0.15, 0.2) is 34.9 Å². The van der Waals surface area contributed by atoms with Gasteiger partial charge in [-0.3, -0.25) is 9.59 Å². The topological polar surface area (TPSA) is 82.1 Å². The fourth-order valence-corrected chi connectivity index (χ4v) is 9.66. The minimum Gasteiger partial charge on any atom is -0.469 e. The molecule has 0 unspecified atom stereocenters. The van der Waals surface area contributed by atoms with Crippen LogP contribution in [0, 0.1) is 33.0 Å². The Labute approximate surface area is 227 Å². The van der Waals surface area contributed by atoms with E-state index in [-0.39, 0.29) is 27.6 Å². The molecule has 5 rings (SSSR count). The minimum atomic E-state index is -2.08. The molecule has 0 saturated heterocycles. The SMILES string of the molecule is COC(=O)[C@]1(C)CC[C@]2(C)CC[C@]3(C)C4=CC=C5C(=CC(=O)[C@](O)(OC)[C@]5(C)OC)[C@]4(C)CC[C@@]3(C)[C@@H]2C1. The highest BCUT2D eigenvalue weighted by atomic mass is 16.7. The van der Waals surface area contributed by atoms with E-state index in [2.05, 4.69) is 40.7 Å². The summed E-state index contributed by atoms with van der Waals surface area (Å²) in [4.78, 5) is 26.3. The summed E-state index contributed by atoms with van der Waals surface area (Å²) in [6.45, 7) is 13.4. The van der Waals surface area contributed by atoms with Gasteiger partial charge in [0, 0.05) is 19.6 Å². The third-order valence-electron chi connectivity index (χ3n) is 12.8. The maximum absolute atomic E-state index is 13.4. The van der Waals surface area contributed by atoms with E-state index in [1.807, 2.05) is 6.08 Å². The zero-order chi connectivity index (χ0) is 28.2. The smallest absolute Gasteiger partial charge is 0.311 e. The molecule has 1 N–H and O–H groups in total. The number of ketones is 1. The van der Waals surface area contributed by atoms with Gasteiger partial charge in [-0.15, -0.1) is 0 Å². The zero-order valence-corrected chi connectivity index (χ0v) is 24.7. The van der Waals surface area contributed by atoms with Crippen molar-refractivity contribution in [1.29, 1.82) is 0 Å². The van der Waals surface area contributed by atoms with E-state index in [1.165, 1.54) is 26.9 Å². The van der Waals surface area contributed by atoms with Crippen molar-refractivity contribution in [3.63, 3.8) is 0 Å². The summed E-state index contributed by atoms with van der Waals surface area (Å²) < 4.78 is 16.5. The molecule has 0 aromatic rings. The van der Waals surface area contributed by atoms with E-state index in [9.17, 15) is 14.7 Å². The first-order valence-corrected chi connectivity index (χ1v) is 14.2. The molecule has 6 heteroatoms. The standard InChI is InChI=1S/C32H46O6/c1-26-12-13-27(2,25(34)36-7)19-23(26)30(5)17-15-28(3)21-18-24(33)32(35,38-9)31(6,37-8)20(21)10-11-22(28)29(30,4)16-14-26/h10-11,18,23,35H,12-17,19H2,1-9H3/t23-,26-,27-,28+,29-,30+,31-,32+/m1/s1. The number of aliphatic hydroxyl groups is 1. The highest BCUT2D eigenvalue weighted by Gasteiger charge is 2.69. The van der Waals surface area contributed by atoms with Crippen LogP contribution in [0.1, 0.15) is 86.5 Å². The minimum absolute atomic E-state index is 0.0105. The second-order valence-corrected chi connectivity index (χ2v) is 14.2. The molecule has 3 fully saturated rings. The van der Waals surface area contributed by atoms with Crippen LogP contribution in [0.4, 0.5) is 0 Å². The van der Waals surface area contributed by atoms with Crippen molar-refractivity contribution in [2.45, 2.75) is 97.9 Å². The van der Waals surface area contributed by atoms with E-state index in [0.717, 1.165) is 56.1 Å². The van der Waals surface area contributed by atoms with Gasteiger partial charge in [0.2, 0.25) is 5.78 Å². The lowest BCUT2D eigenvalue weighted by atomic mass is 9.34. The molecule has 6 nitrogen and oxygen atoms in total. The summed E-state index contributed by atoms with van der Waals surface area (Å²) in [7, 11) is 4.37. The number of carbonyl (C=O) groups excluding carboxylic acids is 2. The number of methoxy groups -OCH3 is 3. The van der Waals surface area contributed by atoms with Crippen LogP contribution in [0.3, 0.4) is 0 Å². The molecule has 0 spiro atoms. The fourth-order valence-electron chi connectivity index (χ4n) is 9.66. The predicted octanol–water partition coefficient (Wildman–Crippen LogP) is 5.69. The van der Waals surface area contributed by atoms with Gasteiger partial charge in [0.15, 0.2) is 5.60 Å². The highest BCUT2D eigenvalue weighted by Crippen LogP contribution is 2.75. The second kappa shape index (κ2) is 8.14. The van der Waals surface area contributed by atoms with Gasteiger partial charge in [-0.05, 0) is 98.2 Å². The highest BCUT2D eigenvalue weighted by molar-refractivity contribution is 6.01. The van der Waals surface area contributed by atoms with Gasteiger partial charge < -0.3 is 19.3 Å². The summed E-state index contributed by atoms with van der Waals surface area (Å²) >= 11 is 0. The van der Waals surface area contributed by atoms with Gasteiger partial charge in [0.25, 0.3) is 5.79 Å². The van der Waals surface area contributed by atoms with Crippen LogP contribution in [0.2, 0.25) is 0 Å². The van der Waals surface area contributed by atoms with Gasteiger partial charge in [-0.2, -0.15) is 0 Å². The number of hydrogen-bond donors (Lipinski definition) is 1. The molecule has 0 bridgehead atoms. The Morgan fingerprint density at radius 3 is 2.13 bits per heavy atom. The first kappa shape index (κ1) is 27.8. The first-order chi connectivity index (χ1) is 17.6. The third-order valence-corrected chi connectivity index (χ3v) is 12.8. The van der Waals surface area contributed by atoms with Gasteiger partial charge >= 0.3 is 5.97 Å². The van der Waals surface area contributed by atoms with Crippen LogP contribution in [-0.2, 0) is 23.8 Å². The van der Waals surface area contributed by atoms with E-state index in [1.54, 1.807) is 13.0 Å². The number of carbonyl (C=O) groups is 2. The van der Waals surface area contributed by atoms with E-state index >= 15 is 0 Å². The normalized spacial score (nSPS) is 49.9. The molecule has 0 aliphatic heterocycles. The molecule has 0 heterocycles. The molecule has 3 saturated carbocycles. The van der Waals surface area contributed by atoms with Crippen molar-refractivity contribution in [3.05, 3.63) is 34.9 Å². The van der Waals surface area contributed by atoms with Crippen molar-refractivity contribution < 1.29 is 28.9 Å². The molecule has 0 aromatic carbocycles. The quantitative estimate of drug-likeness (QED) is 0.376. The van der Waals surface area contributed by atoms with Gasteiger partial charge in [0.1, 0.15) is 0 Å². The number of hydrogen-bond acceptors (Lipinski definition) is 6. The fraction of sp³-hybridized carbons (Fsp3) is 0.750.